The number of amides is 1. The Morgan fingerprint density at radius 2 is 1.67 bits per heavy atom. The lowest BCUT2D eigenvalue weighted by atomic mass is 10.0. The first-order chi connectivity index (χ1) is 12.8. The van der Waals surface area contributed by atoms with Crippen LogP contribution in [-0.2, 0) is 20.7 Å². The number of hydrogen-bond acceptors (Lipinski definition) is 5. The molecule has 0 radical (unpaired) electrons. The van der Waals surface area contributed by atoms with Crippen molar-refractivity contribution in [1.82, 2.24) is 0 Å². The van der Waals surface area contributed by atoms with Crippen LogP contribution in [0, 0.1) is 13.8 Å². The number of esters is 1. The van der Waals surface area contributed by atoms with Crippen LogP contribution in [0.3, 0.4) is 0 Å². The molecular formula is C21H25NO5. The van der Waals surface area contributed by atoms with E-state index in [1.165, 1.54) is 21.1 Å². The standard InChI is InChI=1S/C21H25NO5/c1-13-6-7-16(10-14(13)2)11-20(23)27-15(3)21(24)22-17-8-9-18(25-4)19(12-17)26-5/h6-10,12,15H,11H2,1-5H3,(H,22,24)/t15-/m1/s1. The summed E-state index contributed by atoms with van der Waals surface area (Å²) in [5.41, 5.74) is 3.65. The fraction of sp³-hybridized carbons (Fsp3) is 0.333. The maximum atomic E-state index is 12.3. The number of nitrogens with one attached hydrogen (secondary N) is 1. The van der Waals surface area contributed by atoms with E-state index < -0.39 is 18.0 Å². The van der Waals surface area contributed by atoms with Gasteiger partial charge in [-0.1, -0.05) is 18.2 Å². The number of rotatable bonds is 7. The van der Waals surface area contributed by atoms with Gasteiger partial charge in [-0.3, -0.25) is 9.59 Å². The molecule has 0 aromatic heterocycles. The molecule has 0 saturated heterocycles. The predicted molar refractivity (Wildman–Crippen MR) is 103 cm³/mol. The molecule has 2 rings (SSSR count). The van der Waals surface area contributed by atoms with Crippen molar-refractivity contribution in [2.45, 2.75) is 33.3 Å². The highest BCUT2D eigenvalue weighted by atomic mass is 16.5. The molecule has 1 amide bonds. The van der Waals surface area contributed by atoms with Crippen molar-refractivity contribution in [3.05, 3.63) is 53.1 Å². The Balaban J connectivity index is 1.94. The second-order valence-corrected chi connectivity index (χ2v) is 6.29. The number of aryl methyl sites for hydroxylation is 2. The molecule has 2 aromatic carbocycles. The molecule has 0 saturated carbocycles. The zero-order chi connectivity index (χ0) is 20.0. The molecule has 0 heterocycles. The number of anilines is 1. The van der Waals surface area contributed by atoms with E-state index in [0.717, 1.165) is 16.7 Å². The van der Waals surface area contributed by atoms with E-state index in [4.69, 9.17) is 14.2 Å². The van der Waals surface area contributed by atoms with Gasteiger partial charge in [-0.05, 0) is 49.6 Å². The van der Waals surface area contributed by atoms with Crippen LogP contribution in [0.1, 0.15) is 23.6 Å². The third kappa shape index (κ3) is 5.48. The van der Waals surface area contributed by atoms with Gasteiger partial charge >= 0.3 is 5.97 Å². The molecule has 2 aromatic rings. The maximum Gasteiger partial charge on any atom is 0.311 e. The molecule has 0 aliphatic carbocycles. The quantitative estimate of drug-likeness (QED) is 0.755. The third-order valence-corrected chi connectivity index (χ3v) is 4.25. The van der Waals surface area contributed by atoms with Gasteiger partial charge in [0.2, 0.25) is 0 Å². The van der Waals surface area contributed by atoms with E-state index >= 15 is 0 Å². The molecule has 0 aliphatic rings. The third-order valence-electron chi connectivity index (χ3n) is 4.25. The van der Waals surface area contributed by atoms with E-state index in [1.807, 2.05) is 32.0 Å². The van der Waals surface area contributed by atoms with Crippen molar-refractivity contribution in [2.24, 2.45) is 0 Å². The zero-order valence-electron chi connectivity index (χ0n) is 16.3. The first-order valence-electron chi connectivity index (χ1n) is 8.62. The van der Waals surface area contributed by atoms with E-state index in [-0.39, 0.29) is 6.42 Å². The lowest BCUT2D eigenvalue weighted by Crippen LogP contribution is -2.30. The molecule has 0 spiro atoms. The van der Waals surface area contributed by atoms with Crippen LogP contribution in [0.5, 0.6) is 11.5 Å². The molecule has 27 heavy (non-hydrogen) atoms. The van der Waals surface area contributed by atoms with Gasteiger partial charge < -0.3 is 19.5 Å². The molecule has 0 aliphatic heterocycles. The largest absolute Gasteiger partial charge is 0.493 e. The fourth-order valence-corrected chi connectivity index (χ4v) is 2.53. The number of benzene rings is 2. The Morgan fingerprint density at radius 1 is 0.963 bits per heavy atom. The number of carbonyl (C=O) groups is 2. The predicted octanol–water partition coefficient (Wildman–Crippen LogP) is 3.43. The normalized spacial score (nSPS) is 11.4. The average Bonchev–Trinajstić information content (AvgIpc) is 2.64. The second-order valence-electron chi connectivity index (χ2n) is 6.29. The van der Waals surface area contributed by atoms with Crippen molar-refractivity contribution in [3.8, 4) is 11.5 Å². The molecule has 0 bridgehead atoms. The molecule has 6 heteroatoms. The minimum absolute atomic E-state index is 0.120. The van der Waals surface area contributed by atoms with Gasteiger partial charge in [0.25, 0.3) is 5.91 Å². The van der Waals surface area contributed by atoms with E-state index in [2.05, 4.69) is 5.32 Å². The van der Waals surface area contributed by atoms with E-state index in [0.29, 0.717) is 17.2 Å². The molecule has 1 N–H and O–H groups in total. The first kappa shape index (κ1) is 20.3. The van der Waals surface area contributed by atoms with Crippen LogP contribution in [0.4, 0.5) is 5.69 Å². The number of ether oxygens (including phenoxy) is 3. The van der Waals surface area contributed by atoms with E-state index in [9.17, 15) is 9.59 Å². The fourth-order valence-electron chi connectivity index (χ4n) is 2.53. The smallest absolute Gasteiger partial charge is 0.311 e. The summed E-state index contributed by atoms with van der Waals surface area (Å²) in [4.78, 5) is 24.4. The molecule has 0 unspecified atom stereocenters. The summed E-state index contributed by atoms with van der Waals surface area (Å²) < 4.78 is 15.6. The Morgan fingerprint density at radius 3 is 2.30 bits per heavy atom. The minimum Gasteiger partial charge on any atom is -0.493 e. The van der Waals surface area contributed by atoms with Crippen molar-refractivity contribution in [2.75, 3.05) is 19.5 Å². The zero-order valence-corrected chi connectivity index (χ0v) is 16.3. The summed E-state index contributed by atoms with van der Waals surface area (Å²) in [6.45, 7) is 5.54. The number of carbonyl (C=O) groups excluding carboxylic acids is 2. The Hall–Kier alpha value is -3.02. The summed E-state index contributed by atoms with van der Waals surface area (Å²) >= 11 is 0. The SMILES string of the molecule is COc1ccc(NC(=O)[C@@H](C)OC(=O)Cc2ccc(C)c(C)c2)cc1OC. The summed E-state index contributed by atoms with van der Waals surface area (Å²) in [7, 11) is 3.05. The van der Waals surface area contributed by atoms with Gasteiger partial charge in [0.1, 0.15) is 0 Å². The van der Waals surface area contributed by atoms with Gasteiger partial charge in [-0.2, -0.15) is 0 Å². The Labute approximate surface area is 159 Å². The Bertz CT molecular complexity index is 831. The molecular weight excluding hydrogens is 346 g/mol. The monoisotopic (exact) mass is 371 g/mol. The molecule has 0 fully saturated rings. The highest BCUT2D eigenvalue weighted by molar-refractivity contribution is 5.95. The average molecular weight is 371 g/mol. The lowest BCUT2D eigenvalue weighted by molar-refractivity contribution is -0.152. The second kappa shape index (κ2) is 9.07. The molecule has 6 nitrogen and oxygen atoms in total. The van der Waals surface area contributed by atoms with Gasteiger partial charge in [-0.15, -0.1) is 0 Å². The maximum absolute atomic E-state index is 12.3. The van der Waals surface area contributed by atoms with Crippen molar-refractivity contribution < 1.29 is 23.8 Å². The molecule has 144 valence electrons. The van der Waals surface area contributed by atoms with Crippen LogP contribution in [-0.4, -0.2) is 32.2 Å². The highest BCUT2D eigenvalue weighted by Gasteiger charge is 2.19. The molecule has 1 atom stereocenters. The van der Waals surface area contributed by atoms with Crippen LogP contribution >= 0.6 is 0 Å². The summed E-state index contributed by atoms with van der Waals surface area (Å²) in [5, 5.41) is 2.70. The summed E-state index contributed by atoms with van der Waals surface area (Å²) in [5.74, 6) is 0.182. The van der Waals surface area contributed by atoms with Crippen molar-refractivity contribution in [1.29, 1.82) is 0 Å². The summed E-state index contributed by atoms with van der Waals surface area (Å²) in [6, 6.07) is 10.8. The van der Waals surface area contributed by atoms with Gasteiger partial charge in [-0.25, -0.2) is 0 Å². The highest BCUT2D eigenvalue weighted by Crippen LogP contribution is 2.29. The lowest BCUT2D eigenvalue weighted by Gasteiger charge is -2.15. The first-order valence-corrected chi connectivity index (χ1v) is 8.62. The van der Waals surface area contributed by atoms with Crippen LogP contribution in [0.15, 0.2) is 36.4 Å². The van der Waals surface area contributed by atoms with Crippen molar-refractivity contribution >= 4 is 17.6 Å². The summed E-state index contributed by atoms with van der Waals surface area (Å²) in [6.07, 6.45) is -0.799. The van der Waals surface area contributed by atoms with Crippen LogP contribution in [0.2, 0.25) is 0 Å². The minimum atomic E-state index is -0.919. The van der Waals surface area contributed by atoms with Gasteiger partial charge in [0.15, 0.2) is 17.6 Å². The van der Waals surface area contributed by atoms with Crippen LogP contribution in [0.25, 0.3) is 0 Å². The Kier molecular flexibility index (Phi) is 6.82. The van der Waals surface area contributed by atoms with Gasteiger partial charge in [0, 0.05) is 11.8 Å². The van der Waals surface area contributed by atoms with Gasteiger partial charge in [0.05, 0.1) is 20.6 Å². The van der Waals surface area contributed by atoms with Crippen LogP contribution < -0.4 is 14.8 Å². The number of hydrogen-bond donors (Lipinski definition) is 1. The number of methoxy groups -OCH3 is 2. The topological polar surface area (TPSA) is 73.9 Å². The van der Waals surface area contributed by atoms with Crippen molar-refractivity contribution in [3.63, 3.8) is 0 Å². The van der Waals surface area contributed by atoms with E-state index in [1.54, 1.807) is 18.2 Å².